The van der Waals surface area contributed by atoms with Gasteiger partial charge < -0.3 is 9.64 Å². The zero-order chi connectivity index (χ0) is 17.8. The van der Waals surface area contributed by atoms with E-state index in [-0.39, 0.29) is 5.69 Å². The van der Waals surface area contributed by atoms with Crippen molar-refractivity contribution >= 4 is 34.4 Å². The Bertz CT molecular complexity index is 830. The molecule has 2 aromatic rings. The average molecular weight is 355 g/mol. The number of thioether (sulfide) groups is 1. The number of methoxy groups -OCH3 is 1. The van der Waals surface area contributed by atoms with Gasteiger partial charge in [-0.25, -0.2) is 4.99 Å². The van der Waals surface area contributed by atoms with Gasteiger partial charge in [0.1, 0.15) is 5.75 Å². The smallest absolute Gasteiger partial charge is 0.269 e. The van der Waals surface area contributed by atoms with Gasteiger partial charge in [-0.3, -0.25) is 10.1 Å². The monoisotopic (exact) mass is 355 g/mol. The highest BCUT2D eigenvalue weighted by Crippen LogP contribution is 2.32. The summed E-state index contributed by atoms with van der Waals surface area (Å²) in [6.07, 6.45) is 2.12. The minimum Gasteiger partial charge on any atom is -0.497 e. The van der Waals surface area contributed by atoms with E-state index >= 15 is 0 Å². The van der Waals surface area contributed by atoms with E-state index in [1.165, 1.54) is 17.0 Å². The van der Waals surface area contributed by atoms with E-state index in [1.807, 2.05) is 31.3 Å². The van der Waals surface area contributed by atoms with Crippen molar-refractivity contribution in [1.82, 2.24) is 4.90 Å². The summed E-state index contributed by atoms with van der Waals surface area (Å²) in [5.41, 5.74) is 1.87. The molecule has 0 N–H and O–H groups in total. The third-order valence-corrected chi connectivity index (χ3v) is 4.77. The highest BCUT2D eigenvalue weighted by Gasteiger charge is 2.20. The van der Waals surface area contributed by atoms with Gasteiger partial charge >= 0.3 is 0 Å². The molecule has 0 spiro atoms. The topological polar surface area (TPSA) is 68.0 Å². The van der Waals surface area contributed by atoms with Crippen LogP contribution in [0.3, 0.4) is 0 Å². The van der Waals surface area contributed by atoms with E-state index < -0.39 is 4.92 Å². The predicted molar refractivity (Wildman–Crippen MR) is 101 cm³/mol. The molecule has 1 fully saturated rings. The molecule has 0 aliphatic carbocycles. The molecule has 7 heteroatoms. The quantitative estimate of drug-likeness (QED) is 0.604. The number of aliphatic imine (C=N–C) groups is 1. The van der Waals surface area contributed by atoms with Crippen molar-refractivity contribution in [3.63, 3.8) is 0 Å². The van der Waals surface area contributed by atoms with Crippen molar-refractivity contribution in [2.24, 2.45) is 4.99 Å². The number of likely N-dealkylation sites (N-methyl/N-ethyl adjacent to an activating group) is 1. The SMILES string of the molecule is COc1ccc(/C=C2/CN(C)C(=Nc3ccc([N+](=O)[O-])cc3)S2)cc1. The number of ether oxygens (including phenoxy) is 1. The van der Waals surface area contributed by atoms with E-state index in [0.29, 0.717) is 5.69 Å². The Morgan fingerprint density at radius 2 is 1.88 bits per heavy atom. The average Bonchev–Trinajstić information content (AvgIpc) is 2.95. The highest BCUT2D eigenvalue weighted by atomic mass is 32.2. The third kappa shape index (κ3) is 4.19. The summed E-state index contributed by atoms with van der Waals surface area (Å²) >= 11 is 1.60. The van der Waals surface area contributed by atoms with Gasteiger partial charge in [0.05, 0.1) is 24.3 Å². The molecule has 0 aromatic heterocycles. The van der Waals surface area contributed by atoms with Crippen molar-refractivity contribution in [1.29, 1.82) is 0 Å². The Morgan fingerprint density at radius 3 is 2.48 bits per heavy atom. The molecule has 1 heterocycles. The van der Waals surface area contributed by atoms with Crippen molar-refractivity contribution in [2.75, 3.05) is 20.7 Å². The maximum absolute atomic E-state index is 10.7. The van der Waals surface area contributed by atoms with Crippen LogP contribution in [0.2, 0.25) is 0 Å². The maximum Gasteiger partial charge on any atom is 0.269 e. The van der Waals surface area contributed by atoms with E-state index in [4.69, 9.17) is 4.74 Å². The lowest BCUT2D eigenvalue weighted by atomic mass is 10.2. The van der Waals surface area contributed by atoms with Crippen LogP contribution in [0.15, 0.2) is 58.4 Å². The summed E-state index contributed by atoms with van der Waals surface area (Å²) in [6, 6.07) is 14.1. The lowest BCUT2D eigenvalue weighted by Crippen LogP contribution is -2.17. The van der Waals surface area contributed by atoms with Crippen LogP contribution in [0, 0.1) is 10.1 Å². The molecule has 25 heavy (non-hydrogen) atoms. The summed E-state index contributed by atoms with van der Waals surface area (Å²) in [6.45, 7) is 0.780. The van der Waals surface area contributed by atoms with Crippen LogP contribution in [0.4, 0.5) is 11.4 Å². The Morgan fingerprint density at radius 1 is 1.20 bits per heavy atom. The second-order valence-electron chi connectivity index (χ2n) is 5.51. The van der Waals surface area contributed by atoms with Crippen LogP contribution in [-0.2, 0) is 0 Å². The summed E-state index contributed by atoms with van der Waals surface area (Å²) in [5, 5.41) is 11.6. The van der Waals surface area contributed by atoms with Gasteiger partial charge in [0.15, 0.2) is 5.17 Å². The molecular weight excluding hydrogens is 338 g/mol. The van der Waals surface area contributed by atoms with Crippen molar-refractivity contribution < 1.29 is 9.66 Å². The fourth-order valence-electron chi connectivity index (χ4n) is 2.36. The minimum atomic E-state index is -0.414. The molecule has 0 unspecified atom stereocenters. The Kier molecular flexibility index (Phi) is 5.04. The van der Waals surface area contributed by atoms with E-state index in [0.717, 1.165) is 23.0 Å². The standard InChI is InChI=1S/C18H17N3O3S/c1-20-12-17(11-13-3-9-16(24-2)10-4-13)25-18(20)19-14-5-7-15(8-6-14)21(22)23/h3-11H,12H2,1-2H3/b17-11-,19-18?. The molecule has 1 saturated heterocycles. The molecule has 6 nitrogen and oxygen atoms in total. The molecule has 0 atom stereocenters. The number of hydrogen-bond donors (Lipinski definition) is 0. The second kappa shape index (κ2) is 7.40. The summed E-state index contributed by atoms with van der Waals surface area (Å²) < 4.78 is 5.17. The molecule has 1 aliphatic rings. The van der Waals surface area contributed by atoms with Gasteiger partial charge in [-0.1, -0.05) is 23.9 Å². The molecule has 128 valence electrons. The van der Waals surface area contributed by atoms with Crippen LogP contribution < -0.4 is 4.74 Å². The fraction of sp³-hybridized carbons (Fsp3) is 0.167. The molecule has 1 aliphatic heterocycles. The first-order valence-electron chi connectivity index (χ1n) is 7.62. The third-order valence-electron chi connectivity index (χ3n) is 3.67. The van der Waals surface area contributed by atoms with Gasteiger partial charge in [-0.2, -0.15) is 0 Å². The number of hydrogen-bond acceptors (Lipinski definition) is 5. The molecule has 0 amide bonds. The highest BCUT2D eigenvalue weighted by molar-refractivity contribution is 8.17. The first-order chi connectivity index (χ1) is 12.0. The van der Waals surface area contributed by atoms with Crippen molar-refractivity contribution in [3.05, 3.63) is 69.1 Å². The second-order valence-corrected chi connectivity index (χ2v) is 6.60. The molecule has 2 aromatic carbocycles. The number of benzene rings is 2. The first kappa shape index (κ1) is 17.0. The molecule has 3 rings (SSSR count). The summed E-state index contributed by atoms with van der Waals surface area (Å²) in [5.74, 6) is 0.832. The van der Waals surface area contributed by atoms with Gasteiger partial charge in [0, 0.05) is 24.1 Å². The lowest BCUT2D eigenvalue weighted by molar-refractivity contribution is -0.384. The number of nitro benzene ring substituents is 1. The fourth-order valence-corrected chi connectivity index (χ4v) is 3.42. The number of nitro groups is 1. The largest absolute Gasteiger partial charge is 0.497 e. The van der Waals surface area contributed by atoms with E-state index in [1.54, 1.807) is 31.0 Å². The Labute approximate surface area is 150 Å². The van der Waals surface area contributed by atoms with Crippen LogP contribution in [0.1, 0.15) is 5.56 Å². The van der Waals surface area contributed by atoms with E-state index in [9.17, 15) is 10.1 Å². The Hall–Kier alpha value is -2.80. The van der Waals surface area contributed by atoms with Gasteiger partial charge in [-0.05, 0) is 35.9 Å². The van der Waals surface area contributed by atoms with Crippen LogP contribution in [0.5, 0.6) is 5.75 Å². The van der Waals surface area contributed by atoms with Crippen LogP contribution >= 0.6 is 11.8 Å². The molecule has 0 saturated carbocycles. The number of nitrogens with zero attached hydrogens (tertiary/aromatic N) is 3. The summed E-state index contributed by atoms with van der Waals surface area (Å²) in [4.78, 5) is 18.1. The summed E-state index contributed by atoms with van der Waals surface area (Å²) in [7, 11) is 3.63. The normalized spacial score (nSPS) is 17.3. The zero-order valence-electron chi connectivity index (χ0n) is 13.9. The first-order valence-corrected chi connectivity index (χ1v) is 8.43. The van der Waals surface area contributed by atoms with E-state index in [2.05, 4.69) is 16.0 Å². The zero-order valence-corrected chi connectivity index (χ0v) is 14.7. The van der Waals surface area contributed by atoms with Gasteiger partial charge in [0.25, 0.3) is 5.69 Å². The lowest BCUT2D eigenvalue weighted by Gasteiger charge is -2.08. The van der Waals surface area contributed by atoms with Crippen molar-refractivity contribution in [2.45, 2.75) is 0 Å². The van der Waals surface area contributed by atoms with Gasteiger partial charge in [-0.15, -0.1) is 0 Å². The maximum atomic E-state index is 10.7. The predicted octanol–water partition coefficient (Wildman–Crippen LogP) is 4.31. The van der Waals surface area contributed by atoms with Crippen molar-refractivity contribution in [3.8, 4) is 5.75 Å². The molecule has 0 bridgehead atoms. The van der Waals surface area contributed by atoms with Crippen LogP contribution in [0.25, 0.3) is 6.08 Å². The number of non-ortho nitro benzene ring substituents is 1. The molecular formula is C18H17N3O3S. The Balaban J connectivity index is 1.75. The number of amidine groups is 1. The van der Waals surface area contributed by atoms with Crippen LogP contribution in [-0.4, -0.2) is 35.7 Å². The van der Waals surface area contributed by atoms with Gasteiger partial charge in [0.2, 0.25) is 0 Å². The number of rotatable bonds is 4. The molecule has 0 radical (unpaired) electrons. The minimum absolute atomic E-state index is 0.0662.